The van der Waals surface area contributed by atoms with E-state index in [0.29, 0.717) is 12.2 Å². The number of nitrogens with zero attached hydrogens (tertiary/aromatic N) is 1. The Bertz CT molecular complexity index is 762. The molecule has 0 aliphatic rings. The van der Waals surface area contributed by atoms with Crippen LogP contribution in [0.5, 0.6) is 5.75 Å². The van der Waals surface area contributed by atoms with Crippen LogP contribution in [0.3, 0.4) is 0 Å². The molecule has 2 rings (SSSR count). The summed E-state index contributed by atoms with van der Waals surface area (Å²) in [6, 6.07) is 10.3. The van der Waals surface area contributed by atoms with E-state index in [-0.39, 0.29) is 17.8 Å². The number of alkyl halides is 3. The molecule has 1 amide bonds. The van der Waals surface area contributed by atoms with Gasteiger partial charge >= 0.3 is 6.36 Å². The van der Waals surface area contributed by atoms with Crippen molar-refractivity contribution in [1.82, 2.24) is 5.32 Å². The van der Waals surface area contributed by atoms with Gasteiger partial charge in [-0.3, -0.25) is 14.9 Å². The normalized spacial score (nSPS) is 10.9. The second kappa shape index (κ2) is 8.19. The predicted octanol–water partition coefficient (Wildman–Crippen LogP) is 3.34. The average Bonchev–Trinajstić information content (AvgIpc) is 2.58. The summed E-state index contributed by atoms with van der Waals surface area (Å²) >= 11 is 0. The smallest absolute Gasteiger partial charge is 0.406 e. The molecule has 10 heteroatoms. The Balaban J connectivity index is 1.77. The second-order valence-electron chi connectivity index (χ2n) is 5.06. The van der Waals surface area contributed by atoms with E-state index in [1.807, 2.05) is 0 Å². The van der Waals surface area contributed by atoms with Gasteiger partial charge in [-0.05, 0) is 36.4 Å². The fourth-order valence-electron chi connectivity index (χ4n) is 1.99. The number of nitro groups is 1. The van der Waals surface area contributed by atoms with E-state index in [9.17, 15) is 28.1 Å². The molecule has 7 nitrogen and oxygen atoms in total. The van der Waals surface area contributed by atoms with Crippen LogP contribution in [0.15, 0.2) is 48.5 Å². The summed E-state index contributed by atoms with van der Waals surface area (Å²) in [7, 11) is 0. The first-order valence-corrected chi connectivity index (χ1v) is 7.37. The van der Waals surface area contributed by atoms with Crippen LogP contribution < -0.4 is 15.4 Å². The summed E-state index contributed by atoms with van der Waals surface area (Å²) in [6.07, 6.45) is -4.78. The fraction of sp³-hybridized carbons (Fsp3) is 0.188. The summed E-state index contributed by atoms with van der Waals surface area (Å²) in [4.78, 5) is 21.9. The molecule has 0 aliphatic heterocycles. The second-order valence-corrected chi connectivity index (χ2v) is 5.06. The number of carbonyl (C=O) groups excluding carboxylic acids is 1. The maximum atomic E-state index is 12.1. The number of ether oxygens (including phenoxy) is 1. The van der Waals surface area contributed by atoms with Crippen LogP contribution >= 0.6 is 0 Å². The molecule has 2 aromatic rings. The third kappa shape index (κ3) is 5.96. The van der Waals surface area contributed by atoms with Crippen LogP contribution in [0.1, 0.15) is 10.4 Å². The average molecular weight is 369 g/mol. The van der Waals surface area contributed by atoms with Gasteiger partial charge in [0.25, 0.3) is 11.6 Å². The summed E-state index contributed by atoms with van der Waals surface area (Å²) in [5.74, 6) is -0.858. The molecule has 0 saturated carbocycles. The Hall–Kier alpha value is -3.30. The first-order chi connectivity index (χ1) is 12.2. The summed E-state index contributed by atoms with van der Waals surface area (Å²) < 4.78 is 39.9. The summed E-state index contributed by atoms with van der Waals surface area (Å²) in [6.45, 7) is 0.607. The van der Waals surface area contributed by atoms with Gasteiger partial charge in [0.2, 0.25) is 0 Å². The van der Waals surface area contributed by atoms with Crippen molar-refractivity contribution in [1.29, 1.82) is 0 Å². The lowest BCUT2D eigenvalue weighted by molar-refractivity contribution is -0.384. The van der Waals surface area contributed by atoms with Crippen molar-refractivity contribution >= 4 is 17.3 Å². The topological polar surface area (TPSA) is 93.5 Å². The molecule has 138 valence electrons. The molecule has 2 N–H and O–H groups in total. The van der Waals surface area contributed by atoms with Crippen molar-refractivity contribution in [3.05, 3.63) is 64.2 Å². The van der Waals surface area contributed by atoms with E-state index in [0.717, 1.165) is 12.1 Å². The molecule has 0 atom stereocenters. The van der Waals surface area contributed by atoms with Gasteiger partial charge in [0.1, 0.15) is 5.75 Å². The fourth-order valence-corrected chi connectivity index (χ4v) is 1.99. The SMILES string of the molecule is O=C(NCCNc1ccc([N+](=O)[O-])cc1)c1ccc(OC(F)(F)F)cc1. The molecule has 0 fully saturated rings. The van der Waals surface area contributed by atoms with Crippen molar-refractivity contribution in [3.63, 3.8) is 0 Å². The molecule has 0 aliphatic carbocycles. The Morgan fingerprint density at radius 3 is 2.19 bits per heavy atom. The van der Waals surface area contributed by atoms with Gasteiger partial charge in [-0.1, -0.05) is 0 Å². The van der Waals surface area contributed by atoms with Crippen molar-refractivity contribution in [3.8, 4) is 5.75 Å². The molecule has 0 radical (unpaired) electrons. The Kier molecular flexibility index (Phi) is 5.99. The zero-order chi connectivity index (χ0) is 19.2. The van der Waals surface area contributed by atoms with E-state index in [1.165, 1.54) is 24.3 Å². The maximum Gasteiger partial charge on any atom is 0.573 e. The number of benzene rings is 2. The largest absolute Gasteiger partial charge is 0.573 e. The zero-order valence-electron chi connectivity index (χ0n) is 13.2. The highest BCUT2D eigenvalue weighted by Gasteiger charge is 2.31. The number of halogens is 3. The molecule has 0 saturated heterocycles. The molecule has 0 spiro atoms. The quantitative estimate of drug-likeness (QED) is 0.444. The number of carbonyl (C=O) groups is 1. The number of anilines is 1. The van der Waals surface area contributed by atoms with Crippen LogP contribution in [0, 0.1) is 10.1 Å². The molecule has 0 heterocycles. The van der Waals surface area contributed by atoms with Crippen molar-refractivity contribution < 1.29 is 27.6 Å². The number of amides is 1. The number of hydrogen-bond acceptors (Lipinski definition) is 5. The predicted molar refractivity (Wildman–Crippen MR) is 87.0 cm³/mol. The highest BCUT2D eigenvalue weighted by atomic mass is 19.4. The van der Waals surface area contributed by atoms with Crippen molar-refractivity contribution in [2.75, 3.05) is 18.4 Å². The monoisotopic (exact) mass is 369 g/mol. The molecule has 0 unspecified atom stereocenters. The minimum Gasteiger partial charge on any atom is -0.406 e. The van der Waals surface area contributed by atoms with Gasteiger partial charge in [-0.15, -0.1) is 13.2 Å². The number of nitrogens with one attached hydrogen (secondary N) is 2. The lowest BCUT2D eigenvalue weighted by Crippen LogP contribution is -2.28. The Labute approximate surface area is 145 Å². The molecule has 0 aromatic heterocycles. The van der Waals surface area contributed by atoms with Crippen LogP contribution in [0.2, 0.25) is 0 Å². The highest BCUT2D eigenvalue weighted by Crippen LogP contribution is 2.22. The standard InChI is InChI=1S/C16H14F3N3O4/c17-16(18,19)26-14-7-1-11(2-8-14)15(23)21-10-9-20-12-3-5-13(6-4-12)22(24)25/h1-8,20H,9-10H2,(H,21,23). The Morgan fingerprint density at radius 2 is 1.65 bits per heavy atom. The van der Waals surface area contributed by atoms with E-state index >= 15 is 0 Å². The van der Waals surface area contributed by atoms with Crippen LogP contribution in [0.4, 0.5) is 24.5 Å². The molecular weight excluding hydrogens is 355 g/mol. The first kappa shape index (κ1) is 19.0. The third-order valence-electron chi connectivity index (χ3n) is 3.17. The summed E-state index contributed by atoms with van der Waals surface area (Å²) in [5.41, 5.74) is 0.815. The molecule has 0 bridgehead atoms. The minimum absolute atomic E-state index is 0.0261. The van der Waals surface area contributed by atoms with E-state index in [2.05, 4.69) is 15.4 Å². The maximum absolute atomic E-state index is 12.1. The van der Waals surface area contributed by atoms with Gasteiger partial charge < -0.3 is 15.4 Å². The zero-order valence-corrected chi connectivity index (χ0v) is 13.2. The number of non-ortho nitro benzene ring substituents is 1. The highest BCUT2D eigenvalue weighted by molar-refractivity contribution is 5.94. The van der Waals surface area contributed by atoms with Gasteiger partial charge in [-0.25, -0.2) is 0 Å². The van der Waals surface area contributed by atoms with Crippen LogP contribution in [-0.2, 0) is 0 Å². The van der Waals surface area contributed by atoms with Crippen molar-refractivity contribution in [2.24, 2.45) is 0 Å². The van der Waals surface area contributed by atoms with Crippen molar-refractivity contribution in [2.45, 2.75) is 6.36 Å². The van der Waals surface area contributed by atoms with E-state index in [1.54, 1.807) is 12.1 Å². The van der Waals surface area contributed by atoms with Gasteiger partial charge in [-0.2, -0.15) is 0 Å². The lowest BCUT2D eigenvalue weighted by Gasteiger charge is -2.10. The van der Waals surface area contributed by atoms with Crippen LogP contribution in [-0.4, -0.2) is 30.3 Å². The van der Waals surface area contributed by atoms with Gasteiger partial charge in [0, 0.05) is 36.5 Å². The summed E-state index contributed by atoms with van der Waals surface area (Å²) in [5, 5.41) is 16.1. The first-order valence-electron chi connectivity index (χ1n) is 7.37. The van der Waals surface area contributed by atoms with Gasteiger partial charge in [0.05, 0.1) is 4.92 Å². The van der Waals surface area contributed by atoms with E-state index < -0.39 is 22.9 Å². The van der Waals surface area contributed by atoms with Crippen LogP contribution in [0.25, 0.3) is 0 Å². The Morgan fingerprint density at radius 1 is 1.04 bits per heavy atom. The van der Waals surface area contributed by atoms with Gasteiger partial charge in [0.15, 0.2) is 0 Å². The molecule has 26 heavy (non-hydrogen) atoms. The number of nitro benzene ring substituents is 1. The minimum atomic E-state index is -4.78. The lowest BCUT2D eigenvalue weighted by atomic mass is 10.2. The molecule has 2 aromatic carbocycles. The third-order valence-corrected chi connectivity index (χ3v) is 3.17. The van der Waals surface area contributed by atoms with E-state index in [4.69, 9.17) is 0 Å². The molecular formula is C16H14F3N3O4. The number of hydrogen-bond donors (Lipinski definition) is 2. The number of rotatable bonds is 7.